The highest BCUT2D eigenvalue weighted by Gasteiger charge is 2.19. The van der Waals surface area contributed by atoms with E-state index in [-0.39, 0.29) is 0 Å². The van der Waals surface area contributed by atoms with Crippen LogP contribution >= 0.6 is 11.3 Å². The van der Waals surface area contributed by atoms with Gasteiger partial charge in [0.2, 0.25) is 0 Å². The lowest BCUT2D eigenvalue weighted by atomic mass is 10.3. The van der Waals surface area contributed by atoms with Crippen LogP contribution < -0.4 is 4.90 Å². The number of carboxylic acids is 1. The van der Waals surface area contributed by atoms with Crippen molar-refractivity contribution in [3.8, 4) is 0 Å². The van der Waals surface area contributed by atoms with Crippen molar-refractivity contribution < 1.29 is 9.90 Å². The van der Waals surface area contributed by atoms with Crippen LogP contribution in [0.3, 0.4) is 0 Å². The SMILES string of the molecule is O=C(O)c1ccc(N2CCn3ccnc3C2)s1. The van der Waals surface area contributed by atoms with Crippen LogP contribution in [0.2, 0.25) is 0 Å². The van der Waals surface area contributed by atoms with E-state index in [0.29, 0.717) is 4.88 Å². The summed E-state index contributed by atoms with van der Waals surface area (Å²) in [6.07, 6.45) is 3.78. The van der Waals surface area contributed by atoms with E-state index >= 15 is 0 Å². The highest BCUT2D eigenvalue weighted by molar-refractivity contribution is 7.17. The standard InChI is InChI=1S/C11H11N3O2S/c15-11(16)8-1-2-10(17-8)14-6-5-13-4-3-12-9(13)7-14/h1-4H,5-7H2,(H,15,16). The predicted octanol–water partition coefficient (Wildman–Crippen LogP) is 1.66. The lowest BCUT2D eigenvalue weighted by molar-refractivity contribution is 0.0702. The normalized spacial score (nSPS) is 14.7. The Morgan fingerprint density at radius 2 is 2.29 bits per heavy atom. The Kier molecular flexibility index (Phi) is 2.36. The average molecular weight is 249 g/mol. The molecule has 0 aliphatic carbocycles. The molecule has 3 rings (SSSR count). The fourth-order valence-electron chi connectivity index (χ4n) is 1.97. The molecule has 0 bridgehead atoms. The molecular formula is C11H11N3O2S. The smallest absolute Gasteiger partial charge is 0.345 e. The van der Waals surface area contributed by atoms with Gasteiger partial charge in [-0.1, -0.05) is 0 Å². The van der Waals surface area contributed by atoms with Crippen LogP contribution in [0, 0.1) is 0 Å². The second-order valence-corrected chi connectivity index (χ2v) is 4.96. The molecule has 0 atom stereocenters. The maximum absolute atomic E-state index is 10.8. The van der Waals surface area contributed by atoms with Gasteiger partial charge in [0.15, 0.2) is 0 Å². The number of fused-ring (bicyclic) bond motifs is 1. The van der Waals surface area contributed by atoms with Gasteiger partial charge in [0.25, 0.3) is 0 Å². The number of thiophene rings is 1. The molecule has 0 aromatic carbocycles. The number of carbonyl (C=O) groups is 1. The summed E-state index contributed by atoms with van der Waals surface area (Å²) >= 11 is 1.31. The van der Waals surface area contributed by atoms with Gasteiger partial charge in [0, 0.05) is 25.5 Å². The first-order valence-corrected chi connectivity index (χ1v) is 6.14. The molecule has 0 fully saturated rings. The molecule has 3 heterocycles. The number of aromatic carboxylic acids is 1. The van der Waals surface area contributed by atoms with Crippen LogP contribution in [-0.4, -0.2) is 27.2 Å². The van der Waals surface area contributed by atoms with Crippen molar-refractivity contribution in [1.82, 2.24) is 9.55 Å². The van der Waals surface area contributed by atoms with E-state index in [0.717, 1.165) is 30.5 Å². The van der Waals surface area contributed by atoms with Gasteiger partial charge in [-0.2, -0.15) is 0 Å². The number of aromatic nitrogens is 2. The Morgan fingerprint density at radius 3 is 3.06 bits per heavy atom. The van der Waals surface area contributed by atoms with Crippen LogP contribution in [0.4, 0.5) is 5.00 Å². The zero-order valence-electron chi connectivity index (χ0n) is 9.04. The Balaban J connectivity index is 1.84. The van der Waals surface area contributed by atoms with Crippen LogP contribution in [0.1, 0.15) is 15.5 Å². The van der Waals surface area contributed by atoms with E-state index in [2.05, 4.69) is 14.5 Å². The summed E-state index contributed by atoms with van der Waals surface area (Å²) in [6, 6.07) is 3.52. The van der Waals surface area contributed by atoms with Gasteiger partial charge in [0.05, 0.1) is 11.5 Å². The Bertz CT molecular complexity index is 561. The van der Waals surface area contributed by atoms with Gasteiger partial charge in [-0.3, -0.25) is 0 Å². The topological polar surface area (TPSA) is 58.4 Å². The highest BCUT2D eigenvalue weighted by atomic mass is 32.1. The molecule has 5 nitrogen and oxygen atoms in total. The first-order valence-electron chi connectivity index (χ1n) is 5.32. The van der Waals surface area contributed by atoms with E-state index < -0.39 is 5.97 Å². The van der Waals surface area contributed by atoms with Gasteiger partial charge in [-0.25, -0.2) is 9.78 Å². The second-order valence-electron chi connectivity index (χ2n) is 3.90. The highest BCUT2D eigenvalue weighted by Crippen LogP contribution is 2.28. The molecule has 1 aliphatic rings. The Hall–Kier alpha value is -1.82. The molecule has 0 amide bonds. The van der Waals surface area contributed by atoms with Crippen LogP contribution in [0.15, 0.2) is 24.5 Å². The largest absolute Gasteiger partial charge is 0.477 e. The van der Waals surface area contributed by atoms with Crippen molar-refractivity contribution in [2.75, 3.05) is 11.4 Å². The zero-order chi connectivity index (χ0) is 11.8. The molecule has 2 aromatic rings. The first-order chi connectivity index (χ1) is 8.24. The van der Waals surface area contributed by atoms with Gasteiger partial charge >= 0.3 is 5.97 Å². The van der Waals surface area contributed by atoms with Crippen LogP contribution in [-0.2, 0) is 13.1 Å². The zero-order valence-corrected chi connectivity index (χ0v) is 9.85. The van der Waals surface area contributed by atoms with Gasteiger partial charge < -0.3 is 14.6 Å². The number of carboxylic acid groups (broad SMARTS) is 1. The molecule has 2 aromatic heterocycles. The minimum atomic E-state index is -0.861. The first kappa shape index (κ1) is 10.3. The van der Waals surface area contributed by atoms with Crippen LogP contribution in [0.5, 0.6) is 0 Å². The fraction of sp³-hybridized carbons (Fsp3) is 0.273. The second kappa shape index (κ2) is 3.89. The monoisotopic (exact) mass is 249 g/mol. The van der Waals surface area contributed by atoms with Gasteiger partial charge in [-0.05, 0) is 12.1 Å². The fourth-order valence-corrected chi connectivity index (χ4v) is 2.84. The van der Waals surface area contributed by atoms with Crippen molar-refractivity contribution in [3.63, 3.8) is 0 Å². The van der Waals surface area contributed by atoms with Gasteiger partial charge in [0.1, 0.15) is 10.7 Å². The summed E-state index contributed by atoms with van der Waals surface area (Å²) in [5, 5.41) is 9.89. The summed E-state index contributed by atoms with van der Waals surface area (Å²) < 4.78 is 2.13. The molecule has 0 radical (unpaired) electrons. The Labute approximate surface area is 102 Å². The summed E-state index contributed by atoms with van der Waals surface area (Å²) in [7, 11) is 0. The Morgan fingerprint density at radius 1 is 1.41 bits per heavy atom. The predicted molar refractivity (Wildman–Crippen MR) is 64.6 cm³/mol. The van der Waals surface area contributed by atoms with E-state index in [9.17, 15) is 4.79 Å². The molecule has 0 unspecified atom stereocenters. The van der Waals surface area contributed by atoms with Crippen molar-refractivity contribution in [1.29, 1.82) is 0 Å². The van der Waals surface area contributed by atoms with E-state index in [1.165, 1.54) is 11.3 Å². The number of hydrogen-bond donors (Lipinski definition) is 1. The number of rotatable bonds is 2. The third kappa shape index (κ3) is 1.80. The quantitative estimate of drug-likeness (QED) is 0.879. The molecule has 6 heteroatoms. The summed E-state index contributed by atoms with van der Waals surface area (Å²) in [4.78, 5) is 17.7. The minimum absolute atomic E-state index is 0.383. The molecule has 17 heavy (non-hydrogen) atoms. The minimum Gasteiger partial charge on any atom is -0.477 e. The molecule has 1 N–H and O–H groups in total. The van der Waals surface area contributed by atoms with Crippen molar-refractivity contribution >= 4 is 22.3 Å². The molecule has 0 saturated heterocycles. The molecule has 88 valence electrons. The number of nitrogens with zero attached hydrogens (tertiary/aromatic N) is 3. The number of hydrogen-bond acceptors (Lipinski definition) is 4. The van der Waals surface area contributed by atoms with E-state index in [4.69, 9.17) is 5.11 Å². The third-order valence-corrected chi connectivity index (χ3v) is 3.99. The van der Waals surface area contributed by atoms with Crippen molar-refractivity contribution in [3.05, 3.63) is 35.2 Å². The molecular weight excluding hydrogens is 238 g/mol. The van der Waals surface area contributed by atoms with Gasteiger partial charge in [-0.15, -0.1) is 11.3 Å². The molecule has 0 saturated carbocycles. The summed E-state index contributed by atoms with van der Waals surface area (Å²) in [6.45, 7) is 2.53. The molecule has 1 aliphatic heterocycles. The maximum atomic E-state index is 10.8. The van der Waals surface area contributed by atoms with Crippen molar-refractivity contribution in [2.45, 2.75) is 13.1 Å². The van der Waals surface area contributed by atoms with Crippen LogP contribution in [0.25, 0.3) is 0 Å². The van der Waals surface area contributed by atoms with E-state index in [1.807, 2.05) is 12.3 Å². The van der Waals surface area contributed by atoms with E-state index in [1.54, 1.807) is 12.3 Å². The number of anilines is 1. The lowest BCUT2D eigenvalue weighted by Crippen LogP contribution is -2.32. The van der Waals surface area contributed by atoms with Crippen molar-refractivity contribution in [2.24, 2.45) is 0 Å². The summed E-state index contributed by atoms with van der Waals surface area (Å²) in [5.41, 5.74) is 0. The molecule has 0 spiro atoms. The lowest BCUT2D eigenvalue weighted by Gasteiger charge is -2.28. The third-order valence-electron chi connectivity index (χ3n) is 2.86. The number of imidazole rings is 1. The average Bonchev–Trinajstić information content (AvgIpc) is 2.97. The summed E-state index contributed by atoms with van der Waals surface area (Å²) in [5.74, 6) is 0.168. The maximum Gasteiger partial charge on any atom is 0.345 e.